The number of benzene rings is 2. The fourth-order valence-corrected chi connectivity index (χ4v) is 2.81. The summed E-state index contributed by atoms with van der Waals surface area (Å²) in [5.74, 6) is 1.91. The van der Waals surface area contributed by atoms with Crippen LogP contribution >= 0.6 is 0 Å². The Morgan fingerprint density at radius 2 is 2.04 bits per heavy atom. The first-order chi connectivity index (χ1) is 13.0. The van der Waals surface area contributed by atoms with Gasteiger partial charge in [-0.05, 0) is 69.2 Å². The summed E-state index contributed by atoms with van der Waals surface area (Å²) in [6.45, 7) is 8.44. The number of nitrogens with zero attached hydrogens (tertiary/aromatic N) is 2. The number of fused-ring (bicyclic) bond motifs is 1. The number of nitriles is 1. The molecule has 3 rings (SSSR count). The lowest BCUT2D eigenvalue weighted by Gasteiger charge is -2.15. The second-order valence-corrected chi connectivity index (χ2v) is 6.58. The SMILES string of the molecule is CCOc1cc(/C=C(/C#N)c2nc3ccc(C)cc3[nH]2)ccc1OC(C)C. The molecule has 0 aliphatic rings. The molecule has 5 heteroatoms. The van der Waals surface area contributed by atoms with Crippen LogP contribution in [0.1, 0.15) is 37.7 Å². The number of aryl methyl sites for hydroxylation is 1. The van der Waals surface area contributed by atoms with Gasteiger partial charge in [0.25, 0.3) is 0 Å². The Morgan fingerprint density at radius 3 is 2.74 bits per heavy atom. The monoisotopic (exact) mass is 361 g/mol. The van der Waals surface area contributed by atoms with Gasteiger partial charge >= 0.3 is 0 Å². The fraction of sp³-hybridized carbons (Fsp3) is 0.273. The Balaban J connectivity index is 1.99. The summed E-state index contributed by atoms with van der Waals surface area (Å²) < 4.78 is 11.5. The molecule has 0 radical (unpaired) electrons. The first-order valence-corrected chi connectivity index (χ1v) is 9.02. The lowest BCUT2D eigenvalue weighted by Crippen LogP contribution is -2.07. The van der Waals surface area contributed by atoms with Crippen LogP contribution in [0.15, 0.2) is 36.4 Å². The van der Waals surface area contributed by atoms with Gasteiger partial charge in [-0.25, -0.2) is 4.98 Å². The number of hydrogen-bond acceptors (Lipinski definition) is 4. The lowest BCUT2D eigenvalue weighted by atomic mass is 10.1. The molecular weight excluding hydrogens is 338 g/mol. The van der Waals surface area contributed by atoms with Crippen LogP contribution in [0.2, 0.25) is 0 Å². The van der Waals surface area contributed by atoms with Crippen LogP contribution in [0.3, 0.4) is 0 Å². The minimum absolute atomic E-state index is 0.0549. The Labute approximate surface area is 159 Å². The van der Waals surface area contributed by atoms with Crippen molar-refractivity contribution >= 4 is 22.7 Å². The van der Waals surface area contributed by atoms with Crippen molar-refractivity contribution in [2.45, 2.75) is 33.8 Å². The number of ether oxygens (including phenoxy) is 2. The molecule has 0 atom stereocenters. The van der Waals surface area contributed by atoms with Crippen molar-refractivity contribution in [1.29, 1.82) is 5.26 Å². The van der Waals surface area contributed by atoms with E-state index in [0.717, 1.165) is 22.2 Å². The van der Waals surface area contributed by atoms with E-state index in [9.17, 15) is 5.26 Å². The van der Waals surface area contributed by atoms with Gasteiger partial charge in [-0.2, -0.15) is 5.26 Å². The van der Waals surface area contributed by atoms with Crippen LogP contribution in [-0.4, -0.2) is 22.7 Å². The summed E-state index contributed by atoms with van der Waals surface area (Å²) in [4.78, 5) is 7.76. The zero-order valence-corrected chi connectivity index (χ0v) is 16.0. The van der Waals surface area contributed by atoms with Gasteiger partial charge in [-0.1, -0.05) is 12.1 Å². The highest BCUT2D eigenvalue weighted by Crippen LogP contribution is 2.31. The first-order valence-electron chi connectivity index (χ1n) is 9.02. The van der Waals surface area contributed by atoms with E-state index in [2.05, 4.69) is 16.0 Å². The van der Waals surface area contributed by atoms with Gasteiger partial charge in [0.15, 0.2) is 11.5 Å². The number of allylic oxidation sites excluding steroid dienone is 1. The van der Waals surface area contributed by atoms with E-state index in [-0.39, 0.29) is 6.10 Å². The second-order valence-electron chi connectivity index (χ2n) is 6.58. The molecule has 0 unspecified atom stereocenters. The average Bonchev–Trinajstić information content (AvgIpc) is 3.04. The molecule has 3 aromatic rings. The smallest absolute Gasteiger partial charge is 0.161 e. The zero-order valence-electron chi connectivity index (χ0n) is 16.0. The van der Waals surface area contributed by atoms with Crippen molar-refractivity contribution in [2.75, 3.05) is 6.61 Å². The molecule has 0 aliphatic heterocycles. The van der Waals surface area contributed by atoms with Gasteiger partial charge in [-0.3, -0.25) is 0 Å². The van der Waals surface area contributed by atoms with Crippen molar-refractivity contribution in [3.63, 3.8) is 0 Å². The minimum atomic E-state index is 0.0549. The van der Waals surface area contributed by atoms with E-state index < -0.39 is 0 Å². The number of nitrogens with one attached hydrogen (secondary N) is 1. The molecule has 27 heavy (non-hydrogen) atoms. The molecule has 138 valence electrons. The van der Waals surface area contributed by atoms with E-state index in [0.29, 0.717) is 29.5 Å². The maximum atomic E-state index is 9.63. The number of imidazole rings is 1. The van der Waals surface area contributed by atoms with Gasteiger partial charge in [0.1, 0.15) is 11.9 Å². The largest absolute Gasteiger partial charge is 0.490 e. The lowest BCUT2D eigenvalue weighted by molar-refractivity contribution is 0.224. The van der Waals surface area contributed by atoms with Crippen LogP contribution in [0.25, 0.3) is 22.7 Å². The molecule has 2 aromatic carbocycles. The highest BCUT2D eigenvalue weighted by Gasteiger charge is 2.11. The normalized spacial score (nSPS) is 11.6. The molecule has 1 aromatic heterocycles. The molecule has 1 heterocycles. The second kappa shape index (κ2) is 7.96. The average molecular weight is 361 g/mol. The predicted molar refractivity (Wildman–Crippen MR) is 108 cm³/mol. The Bertz CT molecular complexity index is 1030. The van der Waals surface area contributed by atoms with Crippen LogP contribution < -0.4 is 9.47 Å². The highest BCUT2D eigenvalue weighted by molar-refractivity contribution is 5.90. The molecule has 0 saturated carbocycles. The highest BCUT2D eigenvalue weighted by atomic mass is 16.5. The fourth-order valence-electron chi connectivity index (χ4n) is 2.81. The van der Waals surface area contributed by atoms with E-state index in [1.807, 2.05) is 64.1 Å². The van der Waals surface area contributed by atoms with Crippen molar-refractivity contribution < 1.29 is 9.47 Å². The van der Waals surface area contributed by atoms with Crippen molar-refractivity contribution in [2.24, 2.45) is 0 Å². The van der Waals surface area contributed by atoms with E-state index in [1.165, 1.54) is 0 Å². The Kier molecular flexibility index (Phi) is 5.46. The summed E-state index contributed by atoms with van der Waals surface area (Å²) in [5.41, 5.74) is 4.21. The van der Waals surface area contributed by atoms with Crippen molar-refractivity contribution in [1.82, 2.24) is 9.97 Å². The predicted octanol–water partition coefficient (Wildman–Crippen LogP) is 5.12. The number of aromatic amines is 1. The van der Waals surface area contributed by atoms with Gasteiger partial charge in [0.2, 0.25) is 0 Å². The zero-order chi connectivity index (χ0) is 19.4. The van der Waals surface area contributed by atoms with Crippen LogP contribution in [0, 0.1) is 18.3 Å². The van der Waals surface area contributed by atoms with Gasteiger partial charge in [-0.15, -0.1) is 0 Å². The first kappa shape index (κ1) is 18.5. The molecule has 1 N–H and O–H groups in total. The summed E-state index contributed by atoms with van der Waals surface area (Å²) in [6, 6.07) is 13.9. The topological polar surface area (TPSA) is 70.9 Å². The quantitative estimate of drug-likeness (QED) is 0.619. The Hall–Kier alpha value is -3.26. The summed E-state index contributed by atoms with van der Waals surface area (Å²) >= 11 is 0. The molecule has 0 aliphatic carbocycles. The van der Waals surface area contributed by atoms with E-state index in [4.69, 9.17) is 9.47 Å². The summed E-state index contributed by atoms with van der Waals surface area (Å²) in [6.07, 6.45) is 1.85. The Morgan fingerprint density at radius 1 is 1.22 bits per heavy atom. The molecular formula is C22H23N3O2. The van der Waals surface area contributed by atoms with Gasteiger partial charge in [0.05, 0.1) is 29.3 Å². The molecule has 5 nitrogen and oxygen atoms in total. The summed E-state index contributed by atoms with van der Waals surface area (Å²) in [5, 5.41) is 9.63. The number of hydrogen-bond donors (Lipinski definition) is 1. The standard InChI is InChI=1S/C22H23N3O2/c1-5-26-21-12-16(7-9-20(21)27-14(2)3)11-17(13-23)22-24-18-8-6-15(4)10-19(18)25-22/h6-12,14H,5H2,1-4H3,(H,24,25)/b17-11-. The van der Waals surface area contributed by atoms with Crippen LogP contribution in [-0.2, 0) is 0 Å². The third-order valence-electron chi connectivity index (χ3n) is 3.95. The number of H-pyrrole nitrogens is 1. The van der Waals surface area contributed by atoms with Gasteiger partial charge in [0, 0.05) is 0 Å². The molecule has 0 bridgehead atoms. The van der Waals surface area contributed by atoms with Crippen LogP contribution in [0.5, 0.6) is 11.5 Å². The van der Waals surface area contributed by atoms with E-state index >= 15 is 0 Å². The maximum Gasteiger partial charge on any atom is 0.161 e. The molecule has 0 fully saturated rings. The van der Waals surface area contributed by atoms with Crippen LogP contribution in [0.4, 0.5) is 0 Å². The summed E-state index contributed by atoms with van der Waals surface area (Å²) in [7, 11) is 0. The maximum absolute atomic E-state index is 9.63. The van der Waals surface area contributed by atoms with E-state index in [1.54, 1.807) is 6.08 Å². The van der Waals surface area contributed by atoms with Gasteiger partial charge < -0.3 is 14.5 Å². The minimum Gasteiger partial charge on any atom is -0.490 e. The molecule has 0 amide bonds. The third-order valence-corrected chi connectivity index (χ3v) is 3.95. The molecule has 0 saturated heterocycles. The number of rotatable bonds is 6. The molecule has 0 spiro atoms. The van der Waals surface area contributed by atoms with Crippen molar-refractivity contribution in [3.05, 3.63) is 53.3 Å². The van der Waals surface area contributed by atoms with Crippen molar-refractivity contribution in [3.8, 4) is 17.6 Å². The third kappa shape index (κ3) is 4.29. The number of aromatic nitrogens is 2.